The van der Waals surface area contributed by atoms with E-state index in [0.29, 0.717) is 17.1 Å². The molecule has 2 bridgehead atoms. The number of fused-ring (bicyclic) bond motifs is 6. The first kappa shape index (κ1) is 21.5. The first-order chi connectivity index (χ1) is 16.0. The second-order valence-corrected chi connectivity index (χ2v) is 12.2. The Morgan fingerprint density at radius 3 is 2.58 bits per heavy atom. The number of carbonyl (C=O) groups is 1. The molecule has 1 aromatic heterocycles. The monoisotopic (exact) mass is 496 g/mol. The summed E-state index contributed by atoms with van der Waals surface area (Å²) in [6.07, 6.45) is 3.86. The number of benzene rings is 2. The molecule has 0 saturated heterocycles. The third-order valence-electron chi connectivity index (χ3n) is 7.56. The average Bonchev–Trinajstić information content (AvgIpc) is 3.49. The van der Waals surface area contributed by atoms with Crippen LogP contribution >= 0.6 is 34.7 Å². The molecule has 4 nitrogen and oxygen atoms in total. The largest absolute Gasteiger partial charge is 0.325 e. The maximum absolute atomic E-state index is 13.1. The third kappa shape index (κ3) is 3.76. The van der Waals surface area contributed by atoms with Crippen LogP contribution in [0.25, 0.3) is 0 Å². The summed E-state index contributed by atoms with van der Waals surface area (Å²) < 4.78 is 1.71. The van der Waals surface area contributed by atoms with Crippen molar-refractivity contribution >= 4 is 46.3 Å². The molecular formula is C26H25ClN2O2S2. The topological polar surface area (TPSA) is 51.1 Å². The van der Waals surface area contributed by atoms with Gasteiger partial charge in [-0.05, 0) is 73.8 Å². The minimum atomic E-state index is -0.166. The van der Waals surface area contributed by atoms with Gasteiger partial charge in [0.1, 0.15) is 6.54 Å². The molecule has 2 saturated carbocycles. The lowest BCUT2D eigenvalue weighted by Crippen LogP contribution is -2.34. The molecule has 1 N–H and O–H groups in total. The minimum Gasteiger partial charge on any atom is -0.325 e. The molecule has 1 aliphatic heterocycles. The van der Waals surface area contributed by atoms with Crippen LogP contribution in [0.1, 0.15) is 41.2 Å². The number of amides is 1. The molecule has 7 heteroatoms. The summed E-state index contributed by atoms with van der Waals surface area (Å²) in [5.41, 5.74) is 3.13. The molecule has 0 radical (unpaired) electrons. The van der Waals surface area contributed by atoms with Gasteiger partial charge in [-0.25, -0.2) is 0 Å². The van der Waals surface area contributed by atoms with Crippen molar-refractivity contribution in [3.63, 3.8) is 0 Å². The van der Waals surface area contributed by atoms with Gasteiger partial charge in [0.25, 0.3) is 0 Å². The molecule has 3 aromatic rings. The Morgan fingerprint density at radius 1 is 1.09 bits per heavy atom. The molecule has 170 valence electrons. The molecular weight excluding hydrogens is 472 g/mol. The van der Waals surface area contributed by atoms with Crippen molar-refractivity contribution in [2.75, 3.05) is 5.32 Å². The van der Waals surface area contributed by atoms with Gasteiger partial charge in [-0.15, -0.1) is 11.8 Å². The van der Waals surface area contributed by atoms with Gasteiger partial charge >= 0.3 is 4.87 Å². The van der Waals surface area contributed by atoms with Crippen molar-refractivity contribution in [2.24, 2.45) is 17.8 Å². The molecule has 2 heterocycles. The minimum absolute atomic E-state index is 0.0437. The predicted octanol–water partition coefficient (Wildman–Crippen LogP) is 6.16. The highest BCUT2D eigenvalue weighted by Crippen LogP contribution is 2.64. The van der Waals surface area contributed by atoms with Crippen LogP contribution in [0.2, 0.25) is 5.02 Å². The number of carbonyl (C=O) groups excluding carboxylic acids is 1. The van der Waals surface area contributed by atoms with E-state index in [1.54, 1.807) is 4.57 Å². The summed E-state index contributed by atoms with van der Waals surface area (Å²) in [6.45, 7) is 2.06. The SMILES string of the molecule is Cc1ccc(NC(=O)Cn2c3c(sc2=O)[C@H](c2ccc(Cl)cc2)C2C4CCC(C4)C2S3)cc1. The number of thiazole rings is 1. The van der Waals surface area contributed by atoms with Gasteiger partial charge in [0, 0.05) is 26.8 Å². The fourth-order valence-electron chi connectivity index (χ4n) is 6.11. The number of hydrogen-bond acceptors (Lipinski definition) is 4. The Balaban J connectivity index is 1.36. The average molecular weight is 497 g/mol. The zero-order chi connectivity index (χ0) is 22.7. The molecule has 2 aromatic carbocycles. The van der Waals surface area contributed by atoms with Crippen molar-refractivity contribution in [1.82, 2.24) is 4.57 Å². The Labute approximate surface area is 206 Å². The van der Waals surface area contributed by atoms with Crippen LogP contribution in [0, 0.1) is 24.7 Å². The molecule has 3 aliphatic rings. The third-order valence-corrected chi connectivity index (χ3v) is 10.6. The maximum atomic E-state index is 13.1. The standard InChI is InChI=1S/C26H25ClN2O2S2/c1-14-2-10-19(11-3-14)28-20(30)13-29-25-24(33-26(29)31)21(15-6-8-18(27)9-7-15)22-16-4-5-17(12-16)23(22)32-25/h2-3,6-11,16-17,21-23H,4-5,12-13H2,1H3,(H,28,30)/t16?,17?,21-,22?,23?/m1/s1. The molecule has 2 aliphatic carbocycles. The normalized spacial score (nSPS) is 27.3. The zero-order valence-corrected chi connectivity index (χ0v) is 20.7. The summed E-state index contributed by atoms with van der Waals surface area (Å²) in [4.78, 5) is 27.1. The number of thioether (sulfide) groups is 1. The van der Waals surface area contributed by atoms with Crippen LogP contribution < -0.4 is 10.2 Å². The Morgan fingerprint density at radius 2 is 1.82 bits per heavy atom. The second kappa shape index (κ2) is 8.33. The van der Waals surface area contributed by atoms with E-state index in [1.165, 1.54) is 36.2 Å². The summed E-state index contributed by atoms with van der Waals surface area (Å²) in [7, 11) is 0. The van der Waals surface area contributed by atoms with E-state index in [1.807, 2.05) is 55.1 Å². The quantitative estimate of drug-likeness (QED) is 0.470. The number of hydrogen-bond donors (Lipinski definition) is 1. The van der Waals surface area contributed by atoms with Crippen molar-refractivity contribution in [2.45, 2.75) is 48.9 Å². The number of aromatic nitrogens is 1. The van der Waals surface area contributed by atoms with E-state index in [2.05, 4.69) is 17.4 Å². The molecule has 2 fully saturated rings. The van der Waals surface area contributed by atoms with E-state index in [9.17, 15) is 9.59 Å². The van der Waals surface area contributed by atoms with Gasteiger partial charge in [-0.1, -0.05) is 52.8 Å². The molecule has 6 rings (SSSR count). The maximum Gasteiger partial charge on any atom is 0.308 e. The first-order valence-electron chi connectivity index (χ1n) is 11.5. The predicted molar refractivity (Wildman–Crippen MR) is 136 cm³/mol. The first-order valence-corrected chi connectivity index (χ1v) is 13.6. The number of anilines is 1. The van der Waals surface area contributed by atoms with E-state index in [4.69, 9.17) is 11.6 Å². The smallest absolute Gasteiger partial charge is 0.308 e. The molecule has 0 spiro atoms. The Hall–Kier alpha value is -2.02. The van der Waals surface area contributed by atoms with Crippen LogP contribution in [0.3, 0.4) is 0 Å². The van der Waals surface area contributed by atoms with Gasteiger partial charge in [0.05, 0.1) is 5.03 Å². The summed E-state index contributed by atoms with van der Waals surface area (Å²) >= 11 is 9.37. The molecule has 5 atom stereocenters. The van der Waals surface area contributed by atoms with E-state index in [0.717, 1.165) is 32.1 Å². The molecule has 33 heavy (non-hydrogen) atoms. The van der Waals surface area contributed by atoms with E-state index in [-0.39, 0.29) is 23.2 Å². The van der Waals surface area contributed by atoms with Crippen molar-refractivity contribution in [3.8, 4) is 0 Å². The van der Waals surface area contributed by atoms with Crippen molar-refractivity contribution in [3.05, 3.63) is 79.2 Å². The van der Waals surface area contributed by atoms with E-state index >= 15 is 0 Å². The highest BCUT2D eigenvalue weighted by Gasteiger charge is 2.55. The van der Waals surface area contributed by atoms with Gasteiger partial charge in [0.2, 0.25) is 5.91 Å². The van der Waals surface area contributed by atoms with Gasteiger partial charge < -0.3 is 5.32 Å². The number of halogens is 1. The Bertz CT molecular complexity index is 1260. The van der Waals surface area contributed by atoms with Crippen LogP contribution in [0.5, 0.6) is 0 Å². The van der Waals surface area contributed by atoms with Crippen LogP contribution in [-0.4, -0.2) is 15.7 Å². The van der Waals surface area contributed by atoms with E-state index < -0.39 is 0 Å². The number of nitrogens with one attached hydrogen (secondary N) is 1. The van der Waals surface area contributed by atoms with Gasteiger partial charge in [-0.2, -0.15) is 0 Å². The van der Waals surface area contributed by atoms with Gasteiger partial charge in [0.15, 0.2) is 0 Å². The summed E-state index contributed by atoms with van der Waals surface area (Å²) in [5, 5.41) is 5.18. The van der Waals surface area contributed by atoms with Crippen molar-refractivity contribution < 1.29 is 4.79 Å². The highest BCUT2D eigenvalue weighted by molar-refractivity contribution is 8.00. The fourth-order valence-corrected chi connectivity index (χ4v) is 9.39. The second-order valence-electron chi connectivity index (χ2n) is 9.56. The van der Waals surface area contributed by atoms with Gasteiger partial charge in [-0.3, -0.25) is 14.2 Å². The zero-order valence-electron chi connectivity index (χ0n) is 18.3. The lowest BCUT2D eigenvalue weighted by molar-refractivity contribution is -0.116. The lowest BCUT2D eigenvalue weighted by atomic mass is 9.75. The van der Waals surface area contributed by atoms with Crippen LogP contribution in [-0.2, 0) is 11.3 Å². The molecule has 4 unspecified atom stereocenters. The number of rotatable bonds is 4. The van der Waals surface area contributed by atoms with Crippen molar-refractivity contribution in [1.29, 1.82) is 0 Å². The fraction of sp³-hybridized carbons (Fsp3) is 0.385. The van der Waals surface area contributed by atoms with Crippen LogP contribution in [0.4, 0.5) is 5.69 Å². The summed E-state index contributed by atoms with van der Waals surface area (Å²) in [6, 6.07) is 15.9. The summed E-state index contributed by atoms with van der Waals surface area (Å²) in [5.74, 6) is 2.02. The van der Waals surface area contributed by atoms with Crippen LogP contribution in [0.15, 0.2) is 58.4 Å². The lowest BCUT2D eigenvalue weighted by Gasteiger charge is -2.40. The number of nitrogens with zero attached hydrogens (tertiary/aromatic N) is 1. The highest BCUT2D eigenvalue weighted by atomic mass is 35.5. The number of aryl methyl sites for hydroxylation is 1. The molecule has 1 amide bonds. The Kier molecular flexibility index (Phi) is 5.43.